The highest BCUT2D eigenvalue weighted by molar-refractivity contribution is 5.81. The van der Waals surface area contributed by atoms with Crippen molar-refractivity contribution >= 4 is 18.0 Å². The monoisotopic (exact) mass is 496 g/mol. The van der Waals surface area contributed by atoms with E-state index in [9.17, 15) is 19.5 Å². The summed E-state index contributed by atoms with van der Waals surface area (Å²) in [4.78, 5) is 49.3. The van der Waals surface area contributed by atoms with Gasteiger partial charge >= 0.3 is 12.1 Å². The van der Waals surface area contributed by atoms with Gasteiger partial charge in [0.1, 0.15) is 5.60 Å². The summed E-state index contributed by atoms with van der Waals surface area (Å²) in [6.07, 6.45) is 4.81. The van der Waals surface area contributed by atoms with Gasteiger partial charge in [-0.15, -0.1) is 0 Å². The standard InChI is InChI=1S/C25H40N2O8/c1-23(2,3)33-22(30)27-9-7-25(31,8-10-27)35-34-21-17-11-16-12-18(21)15-24(13-16,14-17)26-19(28)5-6-20(29)32-4/h16-18,21,31H,5-15H2,1-4H3,(H,26,28). The Bertz CT molecular complexity index is 801. The summed E-state index contributed by atoms with van der Waals surface area (Å²) in [6.45, 7) is 6.13. The summed E-state index contributed by atoms with van der Waals surface area (Å²) < 4.78 is 10.0. The third kappa shape index (κ3) is 6.27. The Morgan fingerprint density at radius 2 is 1.66 bits per heavy atom. The number of carbonyl (C=O) groups is 3. The van der Waals surface area contributed by atoms with Crippen LogP contribution in [-0.2, 0) is 28.8 Å². The predicted molar refractivity (Wildman–Crippen MR) is 124 cm³/mol. The highest BCUT2D eigenvalue weighted by Crippen LogP contribution is 2.56. The first kappa shape index (κ1) is 26.2. The van der Waals surface area contributed by atoms with E-state index in [0.717, 1.165) is 32.1 Å². The van der Waals surface area contributed by atoms with Gasteiger partial charge < -0.3 is 24.8 Å². The minimum absolute atomic E-state index is 0.0816. The first-order chi connectivity index (χ1) is 16.4. The molecule has 5 rings (SSSR count). The topological polar surface area (TPSA) is 124 Å². The second-order valence-electron chi connectivity index (χ2n) is 11.9. The van der Waals surface area contributed by atoms with E-state index in [2.05, 4.69) is 10.1 Å². The van der Waals surface area contributed by atoms with Gasteiger partial charge in [-0.05, 0) is 70.6 Å². The smallest absolute Gasteiger partial charge is 0.410 e. The van der Waals surface area contributed by atoms with Crippen molar-refractivity contribution in [2.75, 3.05) is 20.2 Å². The fraction of sp³-hybridized carbons (Fsp3) is 0.880. The largest absolute Gasteiger partial charge is 0.469 e. The van der Waals surface area contributed by atoms with Crippen LogP contribution in [0.1, 0.15) is 78.6 Å². The fourth-order valence-corrected chi connectivity index (χ4v) is 6.56. The van der Waals surface area contributed by atoms with Crippen LogP contribution in [0.3, 0.4) is 0 Å². The number of methoxy groups -OCH3 is 1. The van der Waals surface area contributed by atoms with Crippen LogP contribution >= 0.6 is 0 Å². The number of esters is 1. The molecule has 10 nitrogen and oxygen atoms in total. The van der Waals surface area contributed by atoms with Crippen LogP contribution in [0.25, 0.3) is 0 Å². The minimum Gasteiger partial charge on any atom is -0.469 e. The lowest BCUT2D eigenvalue weighted by atomic mass is 9.51. The Labute approximate surface area is 206 Å². The third-order valence-electron chi connectivity index (χ3n) is 7.89. The molecule has 2 atom stereocenters. The number of hydrogen-bond acceptors (Lipinski definition) is 8. The van der Waals surface area contributed by atoms with Crippen molar-refractivity contribution in [3.8, 4) is 0 Å². The molecule has 4 saturated carbocycles. The summed E-state index contributed by atoms with van der Waals surface area (Å²) in [6, 6.07) is 0. The van der Waals surface area contributed by atoms with Gasteiger partial charge in [-0.1, -0.05) is 0 Å². The first-order valence-corrected chi connectivity index (χ1v) is 12.8. The molecule has 0 aromatic rings. The molecule has 0 spiro atoms. The number of aliphatic hydroxyl groups is 1. The molecule has 1 aliphatic heterocycles. The lowest BCUT2D eigenvalue weighted by Gasteiger charge is -2.59. The Morgan fingerprint density at radius 1 is 1.03 bits per heavy atom. The van der Waals surface area contributed by atoms with E-state index in [0.29, 0.717) is 19.0 Å². The average molecular weight is 497 g/mol. The second kappa shape index (κ2) is 9.86. The van der Waals surface area contributed by atoms with E-state index in [1.54, 1.807) is 4.90 Å². The molecule has 198 valence electrons. The SMILES string of the molecule is COC(=O)CCC(=O)NC12CC3CC(C1)C(OOC1(O)CCN(C(=O)OC(C)(C)C)CC1)C(C3)C2. The van der Waals surface area contributed by atoms with Crippen molar-refractivity contribution in [1.82, 2.24) is 10.2 Å². The molecule has 1 saturated heterocycles. The molecule has 0 aromatic carbocycles. The number of nitrogens with zero attached hydrogens (tertiary/aromatic N) is 1. The summed E-state index contributed by atoms with van der Waals surface area (Å²) in [7, 11) is 1.32. The van der Waals surface area contributed by atoms with Crippen LogP contribution in [0.4, 0.5) is 4.79 Å². The molecule has 2 N–H and O–H groups in total. The van der Waals surface area contributed by atoms with Crippen molar-refractivity contribution in [3.63, 3.8) is 0 Å². The number of hydrogen-bond donors (Lipinski definition) is 2. The van der Waals surface area contributed by atoms with Gasteiger partial charge in [-0.3, -0.25) is 9.59 Å². The van der Waals surface area contributed by atoms with Gasteiger partial charge in [0.25, 0.3) is 0 Å². The second-order valence-corrected chi connectivity index (χ2v) is 11.9. The molecule has 1 heterocycles. The molecule has 4 aliphatic carbocycles. The first-order valence-electron chi connectivity index (χ1n) is 12.8. The quantitative estimate of drug-likeness (QED) is 0.239. The van der Waals surface area contributed by atoms with Gasteiger partial charge in [0.05, 0.1) is 19.6 Å². The molecular weight excluding hydrogens is 456 g/mol. The van der Waals surface area contributed by atoms with E-state index in [-0.39, 0.29) is 67.1 Å². The summed E-state index contributed by atoms with van der Waals surface area (Å²) >= 11 is 0. The van der Waals surface area contributed by atoms with Crippen molar-refractivity contribution in [1.29, 1.82) is 0 Å². The zero-order chi connectivity index (χ0) is 25.4. The van der Waals surface area contributed by atoms with Crippen molar-refractivity contribution in [2.45, 2.75) is 102 Å². The van der Waals surface area contributed by atoms with Gasteiger partial charge in [0, 0.05) is 37.9 Å². The zero-order valence-corrected chi connectivity index (χ0v) is 21.3. The Hall–Kier alpha value is -1.91. The lowest BCUT2D eigenvalue weighted by Crippen LogP contribution is -2.64. The maximum atomic E-state index is 12.5. The van der Waals surface area contributed by atoms with E-state index in [1.807, 2.05) is 20.8 Å². The summed E-state index contributed by atoms with van der Waals surface area (Å²) in [5, 5.41) is 14.2. The van der Waals surface area contributed by atoms with Gasteiger partial charge in [0.2, 0.25) is 11.7 Å². The van der Waals surface area contributed by atoms with Crippen LogP contribution < -0.4 is 5.32 Å². The molecule has 5 aliphatic rings. The highest BCUT2D eigenvalue weighted by atomic mass is 17.2. The number of likely N-dealkylation sites (tertiary alicyclic amines) is 1. The number of ether oxygens (including phenoxy) is 2. The molecule has 2 unspecified atom stereocenters. The summed E-state index contributed by atoms with van der Waals surface area (Å²) in [5.41, 5.74) is -0.818. The van der Waals surface area contributed by atoms with E-state index in [4.69, 9.17) is 14.5 Å². The van der Waals surface area contributed by atoms with Crippen LogP contribution in [0.5, 0.6) is 0 Å². The average Bonchev–Trinajstić information content (AvgIpc) is 2.75. The molecule has 0 radical (unpaired) electrons. The predicted octanol–water partition coefficient (Wildman–Crippen LogP) is 2.67. The fourth-order valence-electron chi connectivity index (χ4n) is 6.56. The number of rotatable bonds is 7. The van der Waals surface area contributed by atoms with Crippen LogP contribution in [0.2, 0.25) is 0 Å². The molecule has 5 fully saturated rings. The molecule has 0 aromatic heterocycles. The molecule has 2 amide bonds. The number of carbonyl (C=O) groups excluding carboxylic acids is 3. The van der Waals surface area contributed by atoms with Gasteiger partial charge in [-0.2, -0.15) is 0 Å². The maximum absolute atomic E-state index is 12.5. The van der Waals surface area contributed by atoms with E-state index in [1.165, 1.54) is 7.11 Å². The van der Waals surface area contributed by atoms with Crippen LogP contribution in [-0.4, -0.2) is 71.2 Å². The minimum atomic E-state index is -1.44. The Morgan fingerprint density at radius 3 is 2.23 bits per heavy atom. The zero-order valence-electron chi connectivity index (χ0n) is 21.3. The van der Waals surface area contributed by atoms with Crippen LogP contribution in [0.15, 0.2) is 0 Å². The van der Waals surface area contributed by atoms with Crippen molar-refractivity contribution in [2.24, 2.45) is 17.8 Å². The summed E-state index contributed by atoms with van der Waals surface area (Å²) in [5.74, 6) is -0.913. The Balaban J connectivity index is 1.27. The number of nitrogens with one attached hydrogen (secondary N) is 1. The highest BCUT2D eigenvalue weighted by Gasteiger charge is 2.57. The van der Waals surface area contributed by atoms with Crippen molar-refractivity contribution in [3.05, 3.63) is 0 Å². The third-order valence-corrected chi connectivity index (χ3v) is 7.89. The van der Waals surface area contributed by atoms with E-state index >= 15 is 0 Å². The number of amides is 2. The molecule has 4 bridgehead atoms. The molecule has 10 heteroatoms. The van der Waals surface area contributed by atoms with Gasteiger partial charge in [0.15, 0.2) is 0 Å². The maximum Gasteiger partial charge on any atom is 0.410 e. The van der Waals surface area contributed by atoms with E-state index < -0.39 is 11.4 Å². The molecular formula is C25H40N2O8. The molecule has 35 heavy (non-hydrogen) atoms. The Kier molecular flexibility index (Phi) is 7.37. The number of piperidine rings is 1. The van der Waals surface area contributed by atoms with Crippen molar-refractivity contribution < 1.29 is 38.7 Å². The normalized spacial score (nSPS) is 33.3. The van der Waals surface area contributed by atoms with Gasteiger partial charge in [-0.25, -0.2) is 14.6 Å². The van der Waals surface area contributed by atoms with Crippen LogP contribution in [0, 0.1) is 17.8 Å². The lowest BCUT2D eigenvalue weighted by molar-refractivity contribution is -0.459.